The third kappa shape index (κ3) is 5.50. The molecule has 1 fully saturated rings. The molecule has 0 aromatic rings. The molecule has 0 amide bonds. The van der Waals surface area contributed by atoms with Crippen molar-refractivity contribution in [1.29, 1.82) is 0 Å². The number of aliphatic hydroxyl groups is 2. The standard InChI is InChI=1S/C12H25NO2/c14-9-6-12-3-1-11(2-4-12)5-7-13-8-10-15/h11-15H,1-10H2. The van der Waals surface area contributed by atoms with Crippen molar-refractivity contribution in [2.75, 3.05) is 26.3 Å². The zero-order valence-corrected chi connectivity index (χ0v) is 9.62. The first-order chi connectivity index (χ1) is 7.36. The van der Waals surface area contributed by atoms with Crippen LogP contribution in [0.3, 0.4) is 0 Å². The van der Waals surface area contributed by atoms with Gasteiger partial charge in [0, 0.05) is 13.2 Å². The van der Waals surface area contributed by atoms with E-state index in [0.29, 0.717) is 6.61 Å². The number of rotatable bonds is 7. The van der Waals surface area contributed by atoms with Gasteiger partial charge in [0.05, 0.1) is 6.61 Å². The highest BCUT2D eigenvalue weighted by atomic mass is 16.3. The van der Waals surface area contributed by atoms with Crippen molar-refractivity contribution in [3.63, 3.8) is 0 Å². The summed E-state index contributed by atoms with van der Waals surface area (Å²) in [5, 5.41) is 20.7. The minimum atomic E-state index is 0.239. The lowest BCUT2D eigenvalue weighted by atomic mass is 9.79. The molecule has 0 aliphatic heterocycles. The van der Waals surface area contributed by atoms with Gasteiger partial charge in [-0.3, -0.25) is 0 Å². The van der Waals surface area contributed by atoms with Crippen molar-refractivity contribution in [3.05, 3.63) is 0 Å². The number of aliphatic hydroxyl groups excluding tert-OH is 2. The highest BCUT2D eigenvalue weighted by Crippen LogP contribution is 2.31. The number of nitrogens with one attached hydrogen (secondary N) is 1. The Bertz CT molecular complexity index is 142. The topological polar surface area (TPSA) is 52.5 Å². The molecule has 0 radical (unpaired) electrons. The summed E-state index contributed by atoms with van der Waals surface area (Å²) in [7, 11) is 0. The Morgan fingerprint density at radius 1 is 0.800 bits per heavy atom. The van der Waals surface area contributed by atoms with Crippen molar-refractivity contribution < 1.29 is 10.2 Å². The highest BCUT2D eigenvalue weighted by molar-refractivity contribution is 4.73. The van der Waals surface area contributed by atoms with E-state index in [2.05, 4.69) is 5.32 Å². The van der Waals surface area contributed by atoms with Gasteiger partial charge in [-0.2, -0.15) is 0 Å². The van der Waals surface area contributed by atoms with Gasteiger partial charge in [-0.05, 0) is 31.2 Å². The van der Waals surface area contributed by atoms with Gasteiger partial charge in [0.25, 0.3) is 0 Å². The molecule has 1 rings (SSSR count). The average Bonchev–Trinajstić information content (AvgIpc) is 2.27. The van der Waals surface area contributed by atoms with Gasteiger partial charge >= 0.3 is 0 Å². The molecule has 3 nitrogen and oxygen atoms in total. The monoisotopic (exact) mass is 215 g/mol. The molecule has 1 saturated carbocycles. The Morgan fingerprint density at radius 3 is 1.93 bits per heavy atom. The van der Waals surface area contributed by atoms with E-state index in [0.717, 1.165) is 31.3 Å². The van der Waals surface area contributed by atoms with Gasteiger partial charge in [-0.15, -0.1) is 0 Å². The first-order valence-corrected chi connectivity index (χ1v) is 6.29. The van der Waals surface area contributed by atoms with E-state index in [4.69, 9.17) is 10.2 Å². The largest absolute Gasteiger partial charge is 0.396 e. The summed E-state index contributed by atoms with van der Waals surface area (Å²) in [6, 6.07) is 0. The van der Waals surface area contributed by atoms with E-state index < -0.39 is 0 Å². The number of hydrogen-bond donors (Lipinski definition) is 3. The fraction of sp³-hybridized carbons (Fsp3) is 1.00. The predicted octanol–water partition coefficient (Wildman–Crippen LogP) is 1.15. The van der Waals surface area contributed by atoms with Gasteiger partial charge in [0.2, 0.25) is 0 Å². The van der Waals surface area contributed by atoms with Crippen LogP contribution in [0.25, 0.3) is 0 Å². The maximum absolute atomic E-state index is 8.85. The fourth-order valence-corrected chi connectivity index (χ4v) is 2.50. The van der Waals surface area contributed by atoms with Crippen LogP contribution in [0.2, 0.25) is 0 Å². The Morgan fingerprint density at radius 2 is 1.40 bits per heavy atom. The zero-order chi connectivity index (χ0) is 10.9. The van der Waals surface area contributed by atoms with Crippen LogP contribution in [0.1, 0.15) is 38.5 Å². The van der Waals surface area contributed by atoms with Crippen molar-refractivity contribution in [1.82, 2.24) is 5.32 Å². The second kappa shape index (κ2) is 8.08. The van der Waals surface area contributed by atoms with E-state index in [-0.39, 0.29) is 6.61 Å². The summed E-state index contributed by atoms with van der Waals surface area (Å²) in [6.45, 7) is 2.35. The van der Waals surface area contributed by atoms with Crippen LogP contribution in [0, 0.1) is 11.8 Å². The smallest absolute Gasteiger partial charge is 0.0555 e. The average molecular weight is 215 g/mol. The van der Waals surface area contributed by atoms with Crippen LogP contribution >= 0.6 is 0 Å². The predicted molar refractivity (Wildman–Crippen MR) is 61.7 cm³/mol. The molecule has 0 heterocycles. The van der Waals surface area contributed by atoms with Crippen LogP contribution in [0.4, 0.5) is 0 Å². The second-order valence-corrected chi connectivity index (χ2v) is 4.66. The van der Waals surface area contributed by atoms with Crippen molar-refractivity contribution >= 4 is 0 Å². The molecule has 15 heavy (non-hydrogen) atoms. The lowest BCUT2D eigenvalue weighted by molar-refractivity contribution is 0.201. The molecule has 0 aromatic heterocycles. The van der Waals surface area contributed by atoms with Crippen LogP contribution in [-0.2, 0) is 0 Å². The molecule has 0 aromatic carbocycles. The molecule has 1 aliphatic carbocycles. The fourth-order valence-electron chi connectivity index (χ4n) is 2.50. The second-order valence-electron chi connectivity index (χ2n) is 4.66. The molecule has 0 saturated heterocycles. The van der Waals surface area contributed by atoms with Crippen molar-refractivity contribution in [2.45, 2.75) is 38.5 Å². The molecule has 0 spiro atoms. The Hall–Kier alpha value is -0.120. The molecule has 0 bridgehead atoms. The molecular weight excluding hydrogens is 190 g/mol. The highest BCUT2D eigenvalue weighted by Gasteiger charge is 2.20. The van der Waals surface area contributed by atoms with Gasteiger partial charge in [-0.1, -0.05) is 25.7 Å². The first kappa shape index (κ1) is 12.9. The summed E-state index contributed by atoms with van der Waals surface area (Å²) >= 11 is 0. The van der Waals surface area contributed by atoms with Crippen molar-refractivity contribution in [2.24, 2.45) is 11.8 Å². The van der Waals surface area contributed by atoms with Crippen LogP contribution in [0.5, 0.6) is 0 Å². The third-order valence-corrected chi connectivity index (χ3v) is 3.52. The SMILES string of the molecule is OCCNCCC1CCC(CCO)CC1. The summed E-state index contributed by atoms with van der Waals surface area (Å²) in [6.07, 6.45) is 7.48. The third-order valence-electron chi connectivity index (χ3n) is 3.52. The van der Waals surface area contributed by atoms with Gasteiger partial charge in [0.15, 0.2) is 0 Å². The summed E-state index contributed by atoms with van der Waals surface area (Å²) < 4.78 is 0. The van der Waals surface area contributed by atoms with E-state index >= 15 is 0 Å². The molecule has 3 N–H and O–H groups in total. The Kier molecular flexibility index (Phi) is 6.98. The van der Waals surface area contributed by atoms with Gasteiger partial charge in [-0.25, -0.2) is 0 Å². The molecule has 3 heteroatoms. The van der Waals surface area contributed by atoms with Crippen LogP contribution < -0.4 is 5.32 Å². The van der Waals surface area contributed by atoms with E-state index in [9.17, 15) is 0 Å². The first-order valence-electron chi connectivity index (χ1n) is 6.29. The van der Waals surface area contributed by atoms with Crippen molar-refractivity contribution in [3.8, 4) is 0 Å². The van der Waals surface area contributed by atoms with Crippen LogP contribution in [0.15, 0.2) is 0 Å². The summed E-state index contributed by atoms with van der Waals surface area (Å²) in [4.78, 5) is 0. The molecule has 0 atom stereocenters. The molecule has 1 aliphatic rings. The molecule has 90 valence electrons. The van der Waals surface area contributed by atoms with E-state index in [1.807, 2.05) is 0 Å². The van der Waals surface area contributed by atoms with Gasteiger partial charge in [0.1, 0.15) is 0 Å². The maximum atomic E-state index is 8.85. The normalized spacial score (nSPS) is 26.8. The minimum absolute atomic E-state index is 0.239. The minimum Gasteiger partial charge on any atom is -0.396 e. The number of hydrogen-bond acceptors (Lipinski definition) is 3. The van der Waals surface area contributed by atoms with E-state index in [1.54, 1.807) is 0 Å². The Labute approximate surface area is 92.9 Å². The quantitative estimate of drug-likeness (QED) is 0.558. The molecule has 0 unspecified atom stereocenters. The van der Waals surface area contributed by atoms with E-state index in [1.165, 1.54) is 32.1 Å². The summed E-state index contributed by atoms with van der Waals surface area (Å²) in [5.41, 5.74) is 0. The van der Waals surface area contributed by atoms with Crippen LogP contribution in [-0.4, -0.2) is 36.5 Å². The van der Waals surface area contributed by atoms with Gasteiger partial charge < -0.3 is 15.5 Å². The lowest BCUT2D eigenvalue weighted by Crippen LogP contribution is -2.23. The lowest BCUT2D eigenvalue weighted by Gasteiger charge is -2.28. The maximum Gasteiger partial charge on any atom is 0.0555 e. The molecular formula is C12H25NO2. The summed E-state index contributed by atoms with van der Waals surface area (Å²) in [5.74, 6) is 1.64. The Balaban J connectivity index is 1.99. The zero-order valence-electron chi connectivity index (χ0n) is 9.62.